The van der Waals surface area contributed by atoms with Gasteiger partial charge in [-0.1, -0.05) is 19.9 Å². The van der Waals surface area contributed by atoms with E-state index in [1.165, 1.54) is 30.4 Å². The first-order chi connectivity index (χ1) is 10.1. The van der Waals surface area contributed by atoms with Crippen LogP contribution in [0.4, 0.5) is 0 Å². The van der Waals surface area contributed by atoms with Crippen molar-refractivity contribution in [2.24, 2.45) is 0 Å². The van der Waals surface area contributed by atoms with Crippen molar-refractivity contribution < 1.29 is 9.53 Å². The minimum Gasteiger partial charge on any atom is -0.481 e. The minimum atomic E-state index is -0.452. The molecule has 0 spiro atoms. The summed E-state index contributed by atoms with van der Waals surface area (Å²) in [6.45, 7) is 5.99. The first-order valence-corrected chi connectivity index (χ1v) is 8.22. The molecule has 1 unspecified atom stereocenters. The summed E-state index contributed by atoms with van der Waals surface area (Å²) in [6, 6.07) is 6.49. The monoisotopic (exact) mass is 289 g/mol. The van der Waals surface area contributed by atoms with Crippen LogP contribution >= 0.6 is 0 Å². The number of rotatable bonds is 6. The number of ether oxygens (including phenoxy) is 1. The van der Waals surface area contributed by atoms with Crippen LogP contribution in [-0.2, 0) is 17.6 Å². The van der Waals surface area contributed by atoms with Crippen LogP contribution in [0.5, 0.6) is 5.75 Å². The fourth-order valence-corrected chi connectivity index (χ4v) is 2.85. The molecular formula is C18H27NO2. The van der Waals surface area contributed by atoms with E-state index in [0.717, 1.165) is 25.0 Å². The Morgan fingerprint density at radius 3 is 2.52 bits per heavy atom. The van der Waals surface area contributed by atoms with Crippen LogP contribution in [-0.4, -0.2) is 18.1 Å². The van der Waals surface area contributed by atoms with Crippen LogP contribution in [0.1, 0.15) is 57.6 Å². The molecule has 1 aliphatic carbocycles. The van der Waals surface area contributed by atoms with Crippen LogP contribution in [0.25, 0.3) is 0 Å². The Hall–Kier alpha value is -1.51. The Kier molecular flexibility index (Phi) is 5.66. The Morgan fingerprint density at radius 1 is 1.19 bits per heavy atom. The number of hydrogen-bond acceptors (Lipinski definition) is 2. The second kappa shape index (κ2) is 7.48. The molecule has 3 heteroatoms. The lowest BCUT2D eigenvalue weighted by atomic mass is 9.92. The number of aryl methyl sites for hydroxylation is 2. The van der Waals surface area contributed by atoms with Crippen molar-refractivity contribution in [1.82, 2.24) is 5.32 Å². The largest absolute Gasteiger partial charge is 0.481 e. The Balaban J connectivity index is 1.95. The fourth-order valence-electron chi connectivity index (χ4n) is 2.85. The molecule has 21 heavy (non-hydrogen) atoms. The van der Waals surface area contributed by atoms with E-state index >= 15 is 0 Å². The van der Waals surface area contributed by atoms with Gasteiger partial charge in [0.15, 0.2) is 6.10 Å². The van der Waals surface area contributed by atoms with Crippen molar-refractivity contribution in [3.05, 3.63) is 29.3 Å². The van der Waals surface area contributed by atoms with Gasteiger partial charge in [-0.25, -0.2) is 0 Å². The van der Waals surface area contributed by atoms with E-state index in [1.54, 1.807) is 0 Å². The van der Waals surface area contributed by atoms with Crippen LogP contribution in [0.15, 0.2) is 18.2 Å². The van der Waals surface area contributed by atoms with Crippen molar-refractivity contribution in [3.63, 3.8) is 0 Å². The summed E-state index contributed by atoms with van der Waals surface area (Å²) < 4.78 is 5.82. The number of nitrogens with one attached hydrogen (secondary N) is 1. The standard InChI is InChI=1S/C18H27NO2/c1-4-16(5-2)19-18(20)13(3)21-17-11-10-14-8-6-7-9-15(14)12-17/h10-13,16H,4-9H2,1-3H3,(H,19,20). The van der Waals surface area contributed by atoms with Gasteiger partial charge in [-0.2, -0.15) is 0 Å². The molecule has 0 saturated carbocycles. The van der Waals surface area contributed by atoms with Gasteiger partial charge in [0.1, 0.15) is 5.75 Å². The second-order valence-corrected chi connectivity index (χ2v) is 5.92. The Morgan fingerprint density at radius 2 is 1.86 bits per heavy atom. The maximum Gasteiger partial charge on any atom is 0.260 e. The molecule has 0 fully saturated rings. The van der Waals surface area contributed by atoms with Gasteiger partial charge in [0, 0.05) is 6.04 Å². The Labute approximate surface area is 128 Å². The molecule has 1 atom stereocenters. The minimum absolute atomic E-state index is 0.0265. The molecule has 1 aromatic rings. The number of hydrogen-bond donors (Lipinski definition) is 1. The van der Waals surface area contributed by atoms with Crippen LogP contribution in [0.2, 0.25) is 0 Å². The molecule has 0 saturated heterocycles. The lowest BCUT2D eigenvalue weighted by molar-refractivity contribution is -0.128. The van der Waals surface area contributed by atoms with E-state index in [4.69, 9.17) is 4.74 Å². The molecule has 0 aliphatic heterocycles. The molecule has 116 valence electrons. The number of carbonyl (C=O) groups is 1. The van der Waals surface area contributed by atoms with E-state index < -0.39 is 6.10 Å². The SMILES string of the molecule is CCC(CC)NC(=O)C(C)Oc1ccc2c(c1)CCCC2. The number of benzene rings is 1. The van der Waals surface area contributed by atoms with E-state index in [1.807, 2.05) is 13.0 Å². The number of carbonyl (C=O) groups excluding carboxylic acids is 1. The fraction of sp³-hybridized carbons (Fsp3) is 0.611. The van der Waals surface area contributed by atoms with Gasteiger partial charge in [0.25, 0.3) is 5.91 Å². The van der Waals surface area contributed by atoms with Gasteiger partial charge in [0.05, 0.1) is 0 Å². The van der Waals surface area contributed by atoms with Crippen molar-refractivity contribution in [3.8, 4) is 5.75 Å². The summed E-state index contributed by atoms with van der Waals surface area (Å²) in [5.74, 6) is 0.782. The lowest BCUT2D eigenvalue weighted by Gasteiger charge is -2.21. The first kappa shape index (κ1) is 15.9. The quantitative estimate of drug-likeness (QED) is 0.868. The van der Waals surface area contributed by atoms with Crippen LogP contribution in [0.3, 0.4) is 0 Å². The van der Waals surface area contributed by atoms with Gasteiger partial charge >= 0.3 is 0 Å². The van der Waals surface area contributed by atoms with E-state index in [-0.39, 0.29) is 11.9 Å². The Bertz CT molecular complexity index is 480. The molecule has 1 amide bonds. The van der Waals surface area contributed by atoms with Gasteiger partial charge in [-0.05, 0) is 68.7 Å². The summed E-state index contributed by atoms with van der Waals surface area (Å²) in [6.07, 6.45) is 6.28. The molecule has 0 heterocycles. The zero-order valence-electron chi connectivity index (χ0n) is 13.4. The molecule has 0 aromatic heterocycles. The van der Waals surface area contributed by atoms with Crippen LogP contribution in [0, 0.1) is 0 Å². The molecular weight excluding hydrogens is 262 g/mol. The summed E-state index contributed by atoms with van der Waals surface area (Å²) in [7, 11) is 0. The molecule has 2 rings (SSSR count). The summed E-state index contributed by atoms with van der Waals surface area (Å²) >= 11 is 0. The van der Waals surface area contributed by atoms with Gasteiger partial charge < -0.3 is 10.1 Å². The van der Waals surface area contributed by atoms with Crippen molar-refractivity contribution in [1.29, 1.82) is 0 Å². The maximum absolute atomic E-state index is 12.1. The third-order valence-electron chi connectivity index (χ3n) is 4.33. The number of fused-ring (bicyclic) bond motifs is 1. The predicted molar refractivity (Wildman–Crippen MR) is 85.7 cm³/mol. The smallest absolute Gasteiger partial charge is 0.260 e. The van der Waals surface area contributed by atoms with Crippen molar-refractivity contribution in [2.75, 3.05) is 0 Å². The maximum atomic E-state index is 12.1. The van der Waals surface area contributed by atoms with E-state index in [0.29, 0.717) is 0 Å². The first-order valence-electron chi connectivity index (χ1n) is 8.22. The molecule has 1 aliphatic rings. The summed E-state index contributed by atoms with van der Waals surface area (Å²) in [4.78, 5) is 12.1. The van der Waals surface area contributed by atoms with Gasteiger partial charge in [-0.3, -0.25) is 4.79 Å². The molecule has 1 aromatic carbocycles. The topological polar surface area (TPSA) is 38.3 Å². The van der Waals surface area contributed by atoms with Gasteiger partial charge in [0.2, 0.25) is 0 Å². The van der Waals surface area contributed by atoms with E-state index in [9.17, 15) is 4.79 Å². The summed E-state index contributed by atoms with van der Waals surface area (Å²) in [5, 5.41) is 3.03. The van der Waals surface area contributed by atoms with Crippen molar-refractivity contribution in [2.45, 2.75) is 71.4 Å². The highest BCUT2D eigenvalue weighted by molar-refractivity contribution is 5.81. The second-order valence-electron chi connectivity index (χ2n) is 5.92. The molecule has 1 N–H and O–H groups in total. The van der Waals surface area contributed by atoms with Gasteiger partial charge in [-0.15, -0.1) is 0 Å². The zero-order chi connectivity index (χ0) is 15.2. The highest BCUT2D eigenvalue weighted by Crippen LogP contribution is 2.25. The molecule has 0 radical (unpaired) electrons. The van der Waals surface area contributed by atoms with Crippen molar-refractivity contribution >= 4 is 5.91 Å². The lowest BCUT2D eigenvalue weighted by Crippen LogP contribution is -2.42. The average molecular weight is 289 g/mol. The zero-order valence-corrected chi connectivity index (χ0v) is 13.4. The normalized spacial score (nSPS) is 15.4. The molecule has 0 bridgehead atoms. The molecule has 3 nitrogen and oxygen atoms in total. The highest BCUT2D eigenvalue weighted by Gasteiger charge is 2.18. The average Bonchev–Trinajstić information content (AvgIpc) is 2.52. The summed E-state index contributed by atoms with van der Waals surface area (Å²) in [5.41, 5.74) is 2.81. The third-order valence-corrected chi connectivity index (χ3v) is 4.33. The highest BCUT2D eigenvalue weighted by atomic mass is 16.5. The predicted octanol–water partition coefficient (Wildman–Crippen LogP) is 3.64. The third kappa shape index (κ3) is 4.23. The number of amides is 1. The van der Waals surface area contributed by atoms with E-state index in [2.05, 4.69) is 31.3 Å². The van der Waals surface area contributed by atoms with Crippen LogP contribution < -0.4 is 10.1 Å².